The van der Waals surface area contributed by atoms with E-state index in [-0.39, 0.29) is 5.41 Å². The topological polar surface area (TPSA) is 69.1 Å². The molecule has 0 saturated carbocycles. The lowest BCUT2D eigenvalue weighted by atomic mass is 9.96. The zero-order chi connectivity index (χ0) is 15.4. The molecule has 0 radical (unpaired) electrons. The molecule has 0 unspecified atom stereocenters. The molecule has 2 N–H and O–H groups in total. The molecule has 0 aliphatic carbocycles. The van der Waals surface area contributed by atoms with E-state index >= 15 is 0 Å². The van der Waals surface area contributed by atoms with Crippen molar-refractivity contribution in [2.45, 2.75) is 40.0 Å². The van der Waals surface area contributed by atoms with Crippen LogP contribution in [0.15, 0.2) is 12.1 Å². The Kier molecular flexibility index (Phi) is 3.02. The first-order chi connectivity index (χ1) is 9.77. The Morgan fingerprint density at radius 1 is 1.14 bits per heavy atom. The highest BCUT2D eigenvalue weighted by molar-refractivity contribution is 7.19. The Hall–Kier alpha value is -1.95. The van der Waals surface area contributed by atoms with Crippen LogP contribution in [0.25, 0.3) is 15.5 Å². The second-order valence-corrected chi connectivity index (χ2v) is 7.37. The van der Waals surface area contributed by atoms with E-state index in [2.05, 4.69) is 55.1 Å². The van der Waals surface area contributed by atoms with Crippen LogP contribution in [0, 0.1) is 13.8 Å². The molecule has 21 heavy (non-hydrogen) atoms. The molecule has 0 bridgehead atoms. The number of rotatable bonds is 1. The average molecular weight is 301 g/mol. The Bertz CT molecular complexity index is 823. The van der Waals surface area contributed by atoms with Gasteiger partial charge in [0.15, 0.2) is 5.82 Å². The fourth-order valence-electron chi connectivity index (χ4n) is 2.35. The number of nitrogens with zero attached hydrogens (tertiary/aromatic N) is 4. The fourth-order valence-corrected chi connectivity index (χ4v) is 3.22. The van der Waals surface area contributed by atoms with E-state index in [1.165, 1.54) is 16.9 Å². The van der Waals surface area contributed by atoms with Crippen molar-refractivity contribution in [1.82, 2.24) is 19.8 Å². The first-order valence-electron chi connectivity index (χ1n) is 6.87. The second-order valence-electron chi connectivity index (χ2n) is 6.42. The maximum atomic E-state index is 6.22. The molecule has 2 heterocycles. The van der Waals surface area contributed by atoms with Crippen LogP contribution in [-0.4, -0.2) is 19.8 Å². The number of hydrogen-bond acceptors (Lipinski definition) is 5. The molecule has 0 aliphatic heterocycles. The summed E-state index contributed by atoms with van der Waals surface area (Å²) in [6, 6.07) is 4.16. The molecule has 0 aliphatic rings. The molecule has 3 rings (SSSR count). The van der Waals surface area contributed by atoms with Crippen molar-refractivity contribution in [2.75, 3.05) is 5.73 Å². The van der Waals surface area contributed by atoms with Crippen molar-refractivity contribution in [3.63, 3.8) is 0 Å². The summed E-state index contributed by atoms with van der Waals surface area (Å²) in [4.78, 5) is 0.800. The van der Waals surface area contributed by atoms with Crippen molar-refractivity contribution in [1.29, 1.82) is 0 Å². The maximum Gasteiger partial charge on any atom is 0.235 e. The van der Waals surface area contributed by atoms with Gasteiger partial charge >= 0.3 is 0 Å². The quantitative estimate of drug-likeness (QED) is 0.700. The van der Waals surface area contributed by atoms with Gasteiger partial charge in [-0.2, -0.15) is 9.61 Å². The molecule has 1 aromatic carbocycles. The highest BCUT2D eigenvalue weighted by Crippen LogP contribution is 2.34. The van der Waals surface area contributed by atoms with Crippen LogP contribution in [0.4, 0.5) is 5.69 Å². The third-order valence-electron chi connectivity index (χ3n) is 3.42. The minimum atomic E-state index is -0.0984. The van der Waals surface area contributed by atoms with Crippen LogP contribution in [0.2, 0.25) is 0 Å². The molecule has 5 nitrogen and oxygen atoms in total. The third-order valence-corrected chi connectivity index (χ3v) is 4.36. The molecule has 0 amide bonds. The van der Waals surface area contributed by atoms with Gasteiger partial charge in [0.1, 0.15) is 5.01 Å². The van der Waals surface area contributed by atoms with Crippen molar-refractivity contribution in [2.24, 2.45) is 0 Å². The normalized spacial score (nSPS) is 12.2. The van der Waals surface area contributed by atoms with Gasteiger partial charge in [-0.05, 0) is 25.5 Å². The molecule has 6 heteroatoms. The molecule has 0 spiro atoms. The van der Waals surface area contributed by atoms with E-state index in [9.17, 15) is 0 Å². The summed E-state index contributed by atoms with van der Waals surface area (Å²) in [7, 11) is 0. The summed E-state index contributed by atoms with van der Waals surface area (Å²) >= 11 is 1.52. The van der Waals surface area contributed by atoms with E-state index in [4.69, 9.17) is 5.73 Å². The lowest BCUT2D eigenvalue weighted by molar-refractivity contribution is 0.528. The number of nitrogens with two attached hydrogens (primary N) is 1. The maximum absolute atomic E-state index is 6.22. The zero-order valence-electron chi connectivity index (χ0n) is 12.9. The lowest BCUT2D eigenvalue weighted by Gasteiger charge is -2.13. The number of anilines is 1. The Morgan fingerprint density at radius 2 is 1.86 bits per heavy atom. The van der Waals surface area contributed by atoms with E-state index in [0.29, 0.717) is 0 Å². The summed E-state index contributed by atoms with van der Waals surface area (Å²) in [5, 5.41) is 14.0. The molecular weight excluding hydrogens is 282 g/mol. The largest absolute Gasteiger partial charge is 0.398 e. The number of aromatic nitrogens is 4. The predicted molar refractivity (Wildman–Crippen MR) is 86.7 cm³/mol. The molecule has 2 aromatic heterocycles. The standard InChI is InChI=1S/C15H19N5S/c1-8-6-9(2)11(16)10(7-8)12-19-20-13(15(3,4)5)17-18-14(20)21-12/h6-7H,16H2,1-5H3. The van der Waals surface area contributed by atoms with Crippen LogP contribution in [0.1, 0.15) is 37.7 Å². The summed E-state index contributed by atoms with van der Waals surface area (Å²) < 4.78 is 1.83. The number of nitrogen functional groups attached to an aromatic ring is 1. The van der Waals surface area contributed by atoms with Crippen LogP contribution in [0.3, 0.4) is 0 Å². The lowest BCUT2D eigenvalue weighted by Crippen LogP contribution is -2.16. The molecule has 3 aromatic rings. The van der Waals surface area contributed by atoms with Crippen molar-refractivity contribution in [3.8, 4) is 10.6 Å². The van der Waals surface area contributed by atoms with Gasteiger partial charge in [-0.25, -0.2) is 0 Å². The monoisotopic (exact) mass is 301 g/mol. The highest BCUT2D eigenvalue weighted by atomic mass is 32.1. The SMILES string of the molecule is Cc1cc(C)c(N)c(-c2nn3c(C(C)(C)C)nnc3s2)c1. The second kappa shape index (κ2) is 4.53. The van der Waals surface area contributed by atoms with Gasteiger partial charge in [-0.3, -0.25) is 0 Å². The first-order valence-corrected chi connectivity index (χ1v) is 7.69. The van der Waals surface area contributed by atoms with Gasteiger partial charge in [-0.1, -0.05) is 43.7 Å². The highest BCUT2D eigenvalue weighted by Gasteiger charge is 2.24. The number of aryl methyl sites for hydroxylation is 2. The smallest absolute Gasteiger partial charge is 0.235 e. The summed E-state index contributed by atoms with van der Waals surface area (Å²) in [6.45, 7) is 10.4. The predicted octanol–water partition coefficient (Wildman–Crippen LogP) is 3.35. The van der Waals surface area contributed by atoms with Crippen molar-refractivity contribution < 1.29 is 0 Å². The van der Waals surface area contributed by atoms with Crippen LogP contribution in [0.5, 0.6) is 0 Å². The molecule has 0 fully saturated rings. The first kappa shape index (κ1) is 14.0. The number of fused-ring (bicyclic) bond motifs is 1. The third kappa shape index (κ3) is 2.29. The molecular formula is C15H19N5S. The van der Waals surface area contributed by atoms with Gasteiger partial charge in [0.05, 0.1) is 0 Å². The summed E-state index contributed by atoms with van der Waals surface area (Å²) in [6.07, 6.45) is 0. The van der Waals surface area contributed by atoms with Gasteiger partial charge in [0.25, 0.3) is 0 Å². The van der Waals surface area contributed by atoms with Gasteiger partial charge in [0.2, 0.25) is 4.96 Å². The van der Waals surface area contributed by atoms with E-state index < -0.39 is 0 Å². The molecule has 110 valence electrons. The van der Waals surface area contributed by atoms with E-state index in [0.717, 1.165) is 32.6 Å². The summed E-state index contributed by atoms with van der Waals surface area (Å²) in [5.41, 5.74) is 10.1. The van der Waals surface area contributed by atoms with E-state index in [1.54, 1.807) is 0 Å². The minimum absolute atomic E-state index is 0.0984. The summed E-state index contributed by atoms with van der Waals surface area (Å²) in [5.74, 6) is 0.864. The zero-order valence-corrected chi connectivity index (χ0v) is 13.7. The molecule has 0 saturated heterocycles. The van der Waals surface area contributed by atoms with Crippen molar-refractivity contribution >= 4 is 22.0 Å². The van der Waals surface area contributed by atoms with E-state index in [1.807, 2.05) is 11.4 Å². The van der Waals surface area contributed by atoms with Crippen LogP contribution in [-0.2, 0) is 5.41 Å². The van der Waals surface area contributed by atoms with Gasteiger partial charge in [-0.15, -0.1) is 10.2 Å². The Morgan fingerprint density at radius 3 is 2.52 bits per heavy atom. The Balaban J connectivity index is 2.21. The average Bonchev–Trinajstić information content (AvgIpc) is 2.91. The van der Waals surface area contributed by atoms with Crippen LogP contribution >= 0.6 is 11.3 Å². The van der Waals surface area contributed by atoms with Crippen LogP contribution < -0.4 is 5.73 Å². The number of hydrogen-bond donors (Lipinski definition) is 1. The Labute approximate surface area is 127 Å². The van der Waals surface area contributed by atoms with Gasteiger partial charge < -0.3 is 5.73 Å². The minimum Gasteiger partial charge on any atom is -0.398 e. The van der Waals surface area contributed by atoms with Gasteiger partial charge in [0, 0.05) is 16.7 Å². The van der Waals surface area contributed by atoms with Crippen molar-refractivity contribution in [3.05, 3.63) is 29.1 Å². The number of benzene rings is 1. The fraction of sp³-hybridized carbons (Fsp3) is 0.400. The molecule has 0 atom stereocenters.